The van der Waals surface area contributed by atoms with E-state index in [2.05, 4.69) is 0 Å². The highest BCUT2D eigenvalue weighted by molar-refractivity contribution is 5.76. The number of nitrogens with zero attached hydrogens (tertiary/aromatic N) is 1. The van der Waals surface area contributed by atoms with E-state index < -0.39 is 0 Å². The zero-order valence-electron chi connectivity index (χ0n) is 12.1. The number of para-hydroxylation sites is 1. The first kappa shape index (κ1) is 15.5. The van der Waals surface area contributed by atoms with Crippen molar-refractivity contribution in [2.75, 3.05) is 20.2 Å². The molecule has 0 aromatic heterocycles. The molecule has 0 spiro atoms. The number of nitrogens with two attached hydrogens (primary N) is 1. The number of rotatable bonds is 7. The van der Waals surface area contributed by atoms with Crippen molar-refractivity contribution in [2.45, 2.75) is 26.8 Å². The molecule has 0 saturated heterocycles. The molecule has 1 aromatic carbocycles. The summed E-state index contributed by atoms with van der Waals surface area (Å²) in [5.74, 6) is 1.18. The summed E-state index contributed by atoms with van der Waals surface area (Å²) >= 11 is 0. The molecule has 0 aliphatic heterocycles. The highest BCUT2D eigenvalue weighted by Crippen LogP contribution is 2.19. The summed E-state index contributed by atoms with van der Waals surface area (Å²) in [6, 6.07) is 7.81. The van der Waals surface area contributed by atoms with Crippen LogP contribution in [-0.4, -0.2) is 31.0 Å². The van der Waals surface area contributed by atoms with Gasteiger partial charge < -0.3 is 15.4 Å². The molecule has 4 nitrogen and oxygen atoms in total. The lowest BCUT2D eigenvalue weighted by Crippen LogP contribution is -2.29. The Bertz CT molecular complexity index is 407. The maximum atomic E-state index is 12.0. The Morgan fingerprint density at radius 1 is 1.42 bits per heavy atom. The van der Waals surface area contributed by atoms with Crippen LogP contribution in [-0.2, 0) is 11.3 Å². The monoisotopic (exact) mass is 264 g/mol. The second-order valence-corrected chi connectivity index (χ2v) is 4.84. The standard InChI is InChI=1S/C15H24N2O2/c1-4-19-14-8-6-5-7-13(14)11-17(3)15(18)9-12(2)10-16/h5-8,12H,4,9-11,16H2,1-3H3. The second kappa shape index (κ2) is 7.79. The van der Waals surface area contributed by atoms with Crippen LogP contribution in [0.5, 0.6) is 5.75 Å². The minimum absolute atomic E-state index is 0.115. The summed E-state index contributed by atoms with van der Waals surface area (Å²) in [7, 11) is 1.81. The number of amides is 1. The molecule has 1 amide bonds. The summed E-state index contributed by atoms with van der Waals surface area (Å²) in [5.41, 5.74) is 6.57. The zero-order valence-corrected chi connectivity index (χ0v) is 12.1. The van der Waals surface area contributed by atoms with Crippen LogP contribution in [0.3, 0.4) is 0 Å². The second-order valence-electron chi connectivity index (χ2n) is 4.84. The lowest BCUT2D eigenvalue weighted by Gasteiger charge is -2.20. The number of hydrogen-bond acceptors (Lipinski definition) is 3. The van der Waals surface area contributed by atoms with Crippen molar-refractivity contribution in [2.24, 2.45) is 11.7 Å². The summed E-state index contributed by atoms with van der Waals surface area (Å²) in [4.78, 5) is 13.7. The minimum atomic E-state index is 0.115. The fraction of sp³-hybridized carbons (Fsp3) is 0.533. The van der Waals surface area contributed by atoms with Gasteiger partial charge in [-0.15, -0.1) is 0 Å². The molecule has 1 aromatic rings. The Hall–Kier alpha value is -1.55. The molecule has 0 saturated carbocycles. The van der Waals surface area contributed by atoms with Gasteiger partial charge in [-0.25, -0.2) is 0 Å². The van der Waals surface area contributed by atoms with E-state index in [0.717, 1.165) is 11.3 Å². The van der Waals surface area contributed by atoms with Gasteiger partial charge in [-0.05, 0) is 25.5 Å². The average Bonchev–Trinajstić information content (AvgIpc) is 2.41. The van der Waals surface area contributed by atoms with Gasteiger partial charge in [0.1, 0.15) is 5.75 Å². The Balaban J connectivity index is 2.65. The van der Waals surface area contributed by atoms with Gasteiger partial charge in [0.15, 0.2) is 0 Å². The van der Waals surface area contributed by atoms with Crippen LogP contribution in [0.25, 0.3) is 0 Å². The molecule has 0 radical (unpaired) electrons. The van der Waals surface area contributed by atoms with E-state index in [-0.39, 0.29) is 11.8 Å². The largest absolute Gasteiger partial charge is 0.494 e. The third-order valence-corrected chi connectivity index (χ3v) is 3.03. The molecule has 0 bridgehead atoms. The lowest BCUT2D eigenvalue weighted by molar-refractivity contribution is -0.131. The Morgan fingerprint density at radius 2 is 2.11 bits per heavy atom. The number of ether oxygens (including phenoxy) is 1. The van der Waals surface area contributed by atoms with Gasteiger partial charge in [-0.1, -0.05) is 25.1 Å². The predicted octanol–water partition coefficient (Wildman–Crippen LogP) is 2.03. The van der Waals surface area contributed by atoms with E-state index in [1.54, 1.807) is 4.90 Å². The van der Waals surface area contributed by atoms with Crippen molar-refractivity contribution in [1.82, 2.24) is 4.90 Å². The Morgan fingerprint density at radius 3 is 2.74 bits per heavy atom. The van der Waals surface area contributed by atoms with Crippen LogP contribution in [0, 0.1) is 5.92 Å². The van der Waals surface area contributed by atoms with Gasteiger partial charge in [0.25, 0.3) is 0 Å². The molecule has 19 heavy (non-hydrogen) atoms. The number of benzene rings is 1. The molecule has 0 heterocycles. The van der Waals surface area contributed by atoms with Crippen molar-refractivity contribution >= 4 is 5.91 Å². The van der Waals surface area contributed by atoms with E-state index in [1.165, 1.54) is 0 Å². The maximum absolute atomic E-state index is 12.0. The van der Waals surface area contributed by atoms with Crippen LogP contribution in [0.4, 0.5) is 0 Å². The number of carbonyl (C=O) groups is 1. The van der Waals surface area contributed by atoms with E-state index >= 15 is 0 Å². The molecule has 0 aliphatic carbocycles. The molecule has 1 unspecified atom stereocenters. The van der Waals surface area contributed by atoms with Crippen LogP contribution < -0.4 is 10.5 Å². The molecule has 1 rings (SSSR count). The van der Waals surface area contributed by atoms with Crippen molar-refractivity contribution in [3.05, 3.63) is 29.8 Å². The van der Waals surface area contributed by atoms with Crippen molar-refractivity contribution in [3.63, 3.8) is 0 Å². The van der Waals surface area contributed by atoms with Crippen molar-refractivity contribution in [3.8, 4) is 5.75 Å². The van der Waals surface area contributed by atoms with E-state index in [4.69, 9.17) is 10.5 Å². The highest BCUT2D eigenvalue weighted by Gasteiger charge is 2.14. The van der Waals surface area contributed by atoms with Gasteiger partial charge in [-0.2, -0.15) is 0 Å². The lowest BCUT2D eigenvalue weighted by atomic mass is 10.1. The molecule has 2 N–H and O–H groups in total. The van der Waals surface area contributed by atoms with Gasteiger partial charge in [0.2, 0.25) is 5.91 Å². The number of carbonyl (C=O) groups excluding carboxylic acids is 1. The van der Waals surface area contributed by atoms with Crippen molar-refractivity contribution in [1.29, 1.82) is 0 Å². The number of hydrogen-bond donors (Lipinski definition) is 1. The first-order valence-electron chi connectivity index (χ1n) is 6.73. The minimum Gasteiger partial charge on any atom is -0.494 e. The van der Waals surface area contributed by atoms with Crippen LogP contribution in [0.15, 0.2) is 24.3 Å². The fourth-order valence-electron chi connectivity index (χ4n) is 1.81. The molecule has 1 atom stereocenters. The zero-order chi connectivity index (χ0) is 14.3. The first-order chi connectivity index (χ1) is 9.08. The first-order valence-corrected chi connectivity index (χ1v) is 6.73. The fourth-order valence-corrected chi connectivity index (χ4v) is 1.81. The third-order valence-electron chi connectivity index (χ3n) is 3.03. The molecule has 106 valence electrons. The predicted molar refractivity (Wildman–Crippen MR) is 76.9 cm³/mol. The van der Waals surface area contributed by atoms with Gasteiger partial charge in [0, 0.05) is 25.6 Å². The average molecular weight is 264 g/mol. The van der Waals surface area contributed by atoms with Crippen LogP contribution >= 0.6 is 0 Å². The van der Waals surface area contributed by atoms with Crippen LogP contribution in [0.2, 0.25) is 0 Å². The Labute approximate surface area is 115 Å². The molecular weight excluding hydrogens is 240 g/mol. The molecule has 0 aliphatic rings. The quantitative estimate of drug-likeness (QED) is 0.820. The molecule has 0 fully saturated rings. The summed E-state index contributed by atoms with van der Waals surface area (Å²) in [6.07, 6.45) is 0.490. The van der Waals surface area contributed by atoms with E-state index in [0.29, 0.717) is 26.1 Å². The molecular formula is C15H24N2O2. The Kier molecular flexibility index (Phi) is 6.36. The third kappa shape index (κ3) is 4.91. The van der Waals surface area contributed by atoms with E-state index in [1.807, 2.05) is 45.2 Å². The normalized spacial score (nSPS) is 12.0. The summed E-state index contributed by atoms with van der Waals surface area (Å²) in [6.45, 7) is 5.66. The van der Waals surface area contributed by atoms with Gasteiger partial charge in [0.05, 0.1) is 6.61 Å². The highest BCUT2D eigenvalue weighted by atomic mass is 16.5. The van der Waals surface area contributed by atoms with Crippen molar-refractivity contribution < 1.29 is 9.53 Å². The SMILES string of the molecule is CCOc1ccccc1CN(C)C(=O)CC(C)CN. The summed E-state index contributed by atoms with van der Waals surface area (Å²) in [5, 5.41) is 0. The topological polar surface area (TPSA) is 55.6 Å². The van der Waals surface area contributed by atoms with Gasteiger partial charge in [-0.3, -0.25) is 4.79 Å². The smallest absolute Gasteiger partial charge is 0.222 e. The maximum Gasteiger partial charge on any atom is 0.222 e. The van der Waals surface area contributed by atoms with Gasteiger partial charge >= 0.3 is 0 Å². The van der Waals surface area contributed by atoms with E-state index in [9.17, 15) is 4.79 Å². The molecule has 4 heteroatoms. The summed E-state index contributed by atoms with van der Waals surface area (Å²) < 4.78 is 5.56. The van der Waals surface area contributed by atoms with Crippen LogP contribution in [0.1, 0.15) is 25.8 Å².